The van der Waals surface area contributed by atoms with E-state index in [9.17, 15) is 22.8 Å². The molecule has 0 aliphatic rings. The third-order valence-electron chi connectivity index (χ3n) is 1.81. The van der Waals surface area contributed by atoms with E-state index in [1.54, 1.807) is 5.32 Å². The number of hydrogen-bond donors (Lipinski definition) is 2. The zero-order valence-electron chi connectivity index (χ0n) is 9.17. The summed E-state index contributed by atoms with van der Waals surface area (Å²) in [5.74, 6) is -2.09. The van der Waals surface area contributed by atoms with Crippen LogP contribution in [0.2, 0.25) is 0 Å². The molecule has 2 amide bonds. The lowest BCUT2D eigenvalue weighted by molar-refractivity contribution is -0.167. The molecule has 98 valence electrons. The van der Waals surface area contributed by atoms with Gasteiger partial charge in [0.05, 0.1) is 7.11 Å². The van der Waals surface area contributed by atoms with Gasteiger partial charge in [0.15, 0.2) is 0 Å². The van der Waals surface area contributed by atoms with Crippen molar-refractivity contribution in [2.75, 3.05) is 17.7 Å². The minimum Gasteiger partial charge on any atom is -0.453 e. The molecule has 18 heavy (non-hydrogen) atoms. The van der Waals surface area contributed by atoms with E-state index in [0.29, 0.717) is 0 Å². The molecule has 0 fully saturated rings. The molecule has 0 atom stereocenters. The number of carbonyl (C=O) groups is 2. The van der Waals surface area contributed by atoms with Crippen molar-refractivity contribution in [3.05, 3.63) is 24.3 Å². The van der Waals surface area contributed by atoms with Crippen LogP contribution in [-0.4, -0.2) is 25.3 Å². The van der Waals surface area contributed by atoms with Crippen LogP contribution in [0.5, 0.6) is 0 Å². The maximum absolute atomic E-state index is 12.0. The summed E-state index contributed by atoms with van der Waals surface area (Å²) in [6, 6.07) is 5.23. The van der Waals surface area contributed by atoms with Crippen molar-refractivity contribution in [3.8, 4) is 0 Å². The number of carbonyl (C=O) groups excluding carboxylic acids is 2. The van der Waals surface area contributed by atoms with Crippen LogP contribution >= 0.6 is 0 Å². The predicted octanol–water partition coefficient (Wildman–Crippen LogP) is 2.37. The Bertz CT molecular complexity index is 460. The molecule has 0 heterocycles. The first-order valence-corrected chi connectivity index (χ1v) is 4.66. The fourth-order valence-electron chi connectivity index (χ4n) is 1.05. The Morgan fingerprint density at radius 2 is 1.72 bits per heavy atom. The Hall–Kier alpha value is -2.25. The zero-order chi connectivity index (χ0) is 13.8. The number of methoxy groups -OCH3 is 1. The van der Waals surface area contributed by atoms with Crippen LogP contribution < -0.4 is 10.6 Å². The molecule has 8 heteroatoms. The molecule has 1 aromatic rings. The summed E-state index contributed by atoms with van der Waals surface area (Å²) < 4.78 is 40.3. The van der Waals surface area contributed by atoms with E-state index in [-0.39, 0.29) is 11.4 Å². The topological polar surface area (TPSA) is 67.4 Å². The fourth-order valence-corrected chi connectivity index (χ4v) is 1.05. The predicted molar refractivity (Wildman–Crippen MR) is 57.2 cm³/mol. The van der Waals surface area contributed by atoms with Gasteiger partial charge in [0.2, 0.25) is 0 Å². The summed E-state index contributed by atoms with van der Waals surface area (Å²) in [5, 5.41) is 3.91. The van der Waals surface area contributed by atoms with Gasteiger partial charge in [-0.25, -0.2) is 4.79 Å². The van der Waals surface area contributed by atoms with E-state index in [2.05, 4.69) is 10.1 Å². The van der Waals surface area contributed by atoms with Crippen molar-refractivity contribution < 1.29 is 27.5 Å². The van der Waals surface area contributed by atoms with Crippen molar-refractivity contribution in [2.24, 2.45) is 0 Å². The minimum atomic E-state index is -4.97. The molecular formula is C10H9F3N2O3. The van der Waals surface area contributed by atoms with E-state index in [0.717, 1.165) is 7.11 Å². The molecule has 0 spiro atoms. The summed E-state index contributed by atoms with van der Waals surface area (Å²) in [5.41, 5.74) is 0.105. The molecule has 0 radical (unpaired) electrons. The Balaban J connectivity index is 2.77. The smallest absolute Gasteiger partial charge is 0.453 e. The number of alkyl halides is 3. The van der Waals surface area contributed by atoms with Gasteiger partial charge in [-0.15, -0.1) is 0 Å². The van der Waals surface area contributed by atoms with Gasteiger partial charge in [0.1, 0.15) is 0 Å². The number of halogens is 3. The fraction of sp³-hybridized carbons (Fsp3) is 0.200. The molecule has 0 aromatic heterocycles. The number of nitrogens with one attached hydrogen (secondary N) is 2. The highest BCUT2D eigenvalue weighted by molar-refractivity contribution is 5.95. The van der Waals surface area contributed by atoms with Crippen LogP contribution in [0, 0.1) is 0 Å². The van der Waals surface area contributed by atoms with Gasteiger partial charge in [-0.3, -0.25) is 10.1 Å². The molecule has 0 aliphatic carbocycles. The lowest BCUT2D eigenvalue weighted by Crippen LogP contribution is -2.29. The second kappa shape index (κ2) is 5.39. The number of hydrogen-bond acceptors (Lipinski definition) is 3. The van der Waals surface area contributed by atoms with E-state index in [4.69, 9.17) is 0 Å². The van der Waals surface area contributed by atoms with E-state index in [1.165, 1.54) is 24.3 Å². The number of rotatable bonds is 2. The summed E-state index contributed by atoms with van der Waals surface area (Å²) in [6.07, 6.45) is -5.74. The van der Waals surface area contributed by atoms with Crippen LogP contribution in [0.4, 0.5) is 29.3 Å². The first kappa shape index (κ1) is 13.8. The van der Waals surface area contributed by atoms with Crippen LogP contribution in [0.25, 0.3) is 0 Å². The molecule has 1 rings (SSSR count). The molecule has 0 bridgehead atoms. The monoisotopic (exact) mass is 262 g/mol. The summed E-state index contributed by atoms with van der Waals surface area (Å²) in [4.78, 5) is 21.5. The van der Waals surface area contributed by atoms with Crippen molar-refractivity contribution in [2.45, 2.75) is 6.18 Å². The second-order valence-corrected chi connectivity index (χ2v) is 3.15. The van der Waals surface area contributed by atoms with Gasteiger partial charge in [-0.1, -0.05) is 6.07 Å². The number of amides is 2. The molecule has 1 aromatic carbocycles. The van der Waals surface area contributed by atoms with Crippen molar-refractivity contribution >= 4 is 23.4 Å². The largest absolute Gasteiger partial charge is 0.471 e. The highest BCUT2D eigenvalue weighted by atomic mass is 19.4. The Labute approximate surface area is 99.9 Å². The minimum absolute atomic E-state index is 0.0915. The van der Waals surface area contributed by atoms with E-state index >= 15 is 0 Å². The normalized spacial score (nSPS) is 10.7. The molecule has 0 saturated heterocycles. The summed E-state index contributed by atoms with van der Waals surface area (Å²) in [7, 11) is 1.14. The van der Waals surface area contributed by atoms with E-state index < -0.39 is 18.2 Å². The molecule has 0 aliphatic heterocycles. The lowest BCUT2D eigenvalue weighted by atomic mass is 10.2. The van der Waals surface area contributed by atoms with Crippen LogP contribution in [-0.2, 0) is 9.53 Å². The number of benzene rings is 1. The van der Waals surface area contributed by atoms with Crippen molar-refractivity contribution in [1.29, 1.82) is 0 Å². The van der Waals surface area contributed by atoms with Gasteiger partial charge in [-0.2, -0.15) is 13.2 Å². The Morgan fingerprint density at radius 3 is 2.22 bits per heavy atom. The highest BCUT2D eigenvalue weighted by Gasteiger charge is 2.38. The third kappa shape index (κ3) is 3.96. The van der Waals surface area contributed by atoms with E-state index in [1.807, 2.05) is 0 Å². The average molecular weight is 262 g/mol. The van der Waals surface area contributed by atoms with Crippen molar-refractivity contribution in [1.82, 2.24) is 0 Å². The Kier molecular flexibility index (Phi) is 4.13. The quantitative estimate of drug-likeness (QED) is 0.859. The van der Waals surface area contributed by atoms with Crippen LogP contribution in [0.1, 0.15) is 0 Å². The third-order valence-corrected chi connectivity index (χ3v) is 1.81. The highest BCUT2D eigenvalue weighted by Crippen LogP contribution is 2.20. The molecule has 5 nitrogen and oxygen atoms in total. The van der Waals surface area contributed by atoms with Gasteiger partial charge >= 0.3 is 18.2 Å². The number of anilines is 2. The first-order chi connectivity index (χ1) is 8.32. The van der Waals surface area contributed by atoms with Gasteiger partial charge < -0.3 is 10.1 Å². The van der Waals surface area contributed by atoms with Crippen LogP contribution in [0.3, 0.4) is 0 Å². The lowest BCUT2D eigenvalue weighted by Gasteiger charge is -2.09. The SMILES string of the molecule is COC(=O)Nc1cccc(NC(=O)C(F)(F)F)c1. The average Bonchev–Trinajstić information content (AvgIpc) is 2.28. The zero-order valence-corrected chi connectivity index (χ0v) is 9.17. The maximum Gasteiger partial charge on any atom is 0.471 e. The maximum atomic E-state index is 12.0. The van der Waals surface area contributed by atoms with Crippen molar-refractivity contribution in [3.63, 3.8) is 0 Å². The number of ether oxygens (including phenoxy) is 1. The molecule has 0 saturated carbocycles. The molecule has 2 N–H and O–H groups in total. The van der Waals surface area contributed by atoms with Gasteiger partial charge in [-0.05, 0) is 18.2 Å². The van der Waals surface area contributed by atoms with Gasteiger partial charge in [0.25, 0.3) is 0 Å². The molecular weight excluding hydrogens is 253 g/mol. The Morgan fingerprint density at radius 1 is 1.17 bits per heavy atom. The standard InChI is InChI=1S/C10H9F3N2O3/c1-18-9(17)15-7-4-2-3-6(5-7)14-8(16)10(11,12)13/h2-5H,1H3,(H,14,16)(H,15,17). The summed E-state index contributed by atoms with van der Waals surface area (Å²) >= 11 is 0. The summed E-state index contributed by atoms with van der Waals surface area (Å²) in [6.45, 7) is 0. The second-order valence-electron chi connectivity index (χ2n) is 3.15. The van der Waals surface area contributed by atoms with Crippen LogP contribution in [0.15, 0.2) is 24.3 Å². The first-order valence-electron chi connectivity index (χ1n) is 4.66. The van der Waals surface area contributed by atoms with Gasteiger partial charge in [0, 0.05) is 11.4 Å². The molecule has 0 unspecified atom stereocenters.